The van der Waals surface area contributed by atoms with Crippen molar-refractivity contribution in [2.24, 2.45) is 88.8 Å². The maximum Gasteiger partial charge on any atom is 0.0598 e. The molecule has 0 amide bonds. The number of imidazole rings is 4. The van der Waals surface area contributed by atoms with Gasteiger partial charge < -0.3 is 18.3 Å². The van der Waals surface area contributed by atoms with Gasteiger partial charge in [0.05, 0.1) is 34.7 Å². The molecule has 0 N–H and O–H groups in total. The fourth-order valence-corrected chi connectivity index (χ4v) is 27.8. The molecular weight excluding hydrogens is 2180 g/mol. The van der Waals surface area contributed by atoms with Crippen molar-refractivity contribution in [3.63, 3.8) is 0 Å². The minimum absolute atomic E-state index is 0. The Hall–Kier alpha value is -6.80. The number of nitrogens with zero attached hydrogens (tertiary/aromatic N) is 8. The van der Waals surface area contributed by atoms with Gasteiger partial charge in [-0.2, -0.15) is 0 Å². The van der Waals surface area contributed by atoms with Crippen molar-refractivity contribution < 1.29 is 80.4 Å². The molecule has 28 rings (SSSR count). The van der Waals surface area contributed by atoms with E-state index in [9.17, 15) is 0 Å². The van der Waals surface area contributed by atoms with Crippen LogP contribution in [0.15, 0.2) is 213 Å². The van der Waals surface area contributed by atoms with Gasteiger partial charge in [-0.1, -0.05) is 141 Å². The Labute approximate surface area is 768 Å². The minimum Gasteiger partial charge on any atom is -0.365 e. The quantitative estimate of drug-likeness (QED) is 0.114. The van der Waals surface area contributed by atoms with Crippen LogP contribution in [0.4, 0.5) is 0 Å². The summed E-state index contributed by atoms with van der Waals surface area (Å²) in [5, 5.41) is 0. The Morgan fingerprint density at radius 1 is 0.333 bits per heavy atom. The Morgan fingerprint density at radius 2 is 0.742 bits per heavy atom. The topological polar surface area (TPSA) is 71.3 Å². The van der Waals surface area contributed by atoms with Crippen LogP contribution in [0.1, 0.15) is 202 Å². The van der Waals surface area contributed by atoms with Crippen LogP contribution in [0.3, 0.4) is 0 Å². The molecule has 16 saturated carbocycles. The van der Waals surface area contributed by atoms with Gasteiger partial charge >= 0.3 is 0 Å². The Morgan fingerprint density at radius 3 is 1.22 bits per heavy atom. The third kappa shape index (κ3) is 16.1. The van der Waals surface area contributed by atoms with Crippen LogP contribution in [-0.2, 0) is 91.4 Å². The molecule has 16 bridgehead atoms. The molecule has 120 heavy (non-hydrogen) atoms. The molecule has 12 heteroatoms. The average molecular weight is 2300 g/mol. The zero-order chi connectivity index (χ0) is 78.1. The second kappa shape index (κ2) is 35.3. The van der Waals surface area contributed by atoms with E-state index in [2.05, 4.69) is 279 Å². The minimum atomic E-state index is 0. The van der Waals surface area contributed by atoms with E-state index in [4.69, 9.17) is 19.9 Å². The zero-order valence-electron chi connectivity index (χ0n) is 70.9. The van der Waals surface area contributed by atoms with Crippen LogP contribution >= 0.6 is 0 Å². The Kier molecular flexibility index (Phi) is 25.1. The molecule has 4 aromatic heterocycles. The van der Waals surface area contributed by atoms with Gasteiger partial charge in [0.25, 0.3) is 0 Å². The normalized spacial score (nSPS) is 29.2. The molecule has 12 aromatic rings. The summed E-state index contributed by atoms with van der Waals surface area (Å²) in [4.78, 5) is 20.1. The van der Waals surface area contributed by atoms with Gasteiger partial charge in [-0.3, -0.25) is 19.9 Å². The molecule has 4 heterocycles. The summed E-state index contributed by atoms with van der Waals surface area (Å²) in [6, 6.07) is 84.3. The van der Waals surface area contributed by atoms with Crippen LogP contribution in [0, 0.1) is 141 Å². The van der Waals surface area contributed by atoms with Crippen LogP contribution in [0.5, 0.6) is 0 Å². The van der Waals surface area contributed by atoms with E-state index in [-0.39, 0.29) is 91.4 Å². The summed E-state index contributed by atoms with van der Waals surface area (Å²) in [7, 11) is 0. The number of hydrogen-bond donors (Lipinski definition) is 0. The maximum absolute atomic E-state index is 5.05. The Bertz CT molecular complexity index is 5300. The number of rotatable bonds is 12. The number of benzene rings is 8. The van der Waals surface area contributed by atoms with E-state index < -0.39 is 0 Å². The van der Waals surface area contributed by atoms with Crippen molar-refractivity contribution >= 4 is 0 Å². The second-order valence-corrected chi connectivity index (χ2v) is 40.0. The van der Waals surface area contributed by atoms with E-state index >= 15 is 0 Å². The number of aromatic nitrogens is 8. The van der Waals surface area contributed by atoms with E-state index in [1.165, 1.54) is 208 Å². The molecule has 16 aliphatic carbocycles. The van der Waals surface area contributed by atoms with Crippen LogP contribution in [-0.4, -0.2) is 38.2 Å². The SMILES string of the molecule is CC(C)(C)c1cnc(-c2[c-]ccc(-c3ccccc3)c2)n1C1C2CC3CC(C2)CC1C3.Cc1cccc(C)c1-c1cnc(-c2[c-]cccc2)n1C12CC3CC(CC(C3)C1)C2.Cc1nc(-c2[c-]cc(-c3ccccc3)cc2)n(C2C3CC4CC(C3)CC2C4)c1C.[Ir].[Ir].[Ir].[Ir].[c-]1ccccc1-c1ncc(-c2ccccc2)n1C1C2CC3CC(C2)CC1C3. The van der Waals surface area contributed by atoms with Crippen LogP contribution < -0.4 is 0 Å². The predicted molar refractivity (Wildman–Crippen MR) is 470 cm³/mol. The molecule has 0 aliphatic heterocycles. The molecule has 0 atom stereocenters. The van der Waals surface area contributed by atoms with Crippen molar-refractivity contribution in [1.29, 1.82) is 0 Å². The third-order valence-electron chi connectivity index (χ3n) is 31.4. The first-order valence-electron chi connectivity index (χ1n) is 45.1. The van der Waals surface area contributed by atoms with Gasteiger partial charge in [-0.25, -0.2) is 0 Å². The molecule has 16 fully saturated rings. The smallest absolute Gasteiger partial charge is 0.0598 e. The first kappa shape index (κ1) is 85.4. The molecule has 628 valence electrons. The average Bonchev–Trinajstić information content (AvgIpc) is 1.36. The van der Waals surface area contributed by atoms with Crippen molar-refractivity contribution in [2.45, 2.75) is 212 Å². The standard InChI is InChI=1S/C29H33N2.2C27H29N2.C25H25N2.4Ir/c1-29(2,3)26-18-30-28(23-11-7-10-22(17-23)21-8-5-4-6-9-21)31(26)27-24-13-19-12-20(15-24)16-25(27)14-19;1-18-7-6-8-19(2)25(18)24-17-28-26(23-9-4-3-5-10-23)29(24)27-14-20-11-21(15-27)13-22(12-20)16-27;1-17-18(2)29(26-24-13-19-12-20(15-24)16-25(26)14-19)27(28-17)23-10-8-22(9-11-23)21-6-4-3-5-7-21;1-3-7-19(8-4-1)23-16-26-25(20-9-5-2-6-10-20)27(23)24-21-12-17-11-18(14-21)15-22(24)13-17;;;;/h4-10,17-20,24-25,27H,12-16H2,1-3H3;3-9,17,20-22H,11-16H2,1-2H3;3-10,19-20,24-26H,12-16H2,1-2H3;1-9,16-18,21-22,24H,11-15H2;;;;/q4*-1;;;;. The first-order valence-corrected chi connectivity index (χ1v) is 45.1. The Balaban J connectivity index is 0.000000113. The monoisotopic (exact) mass is 2300 g/mol. The van der Waals surface area contributed by atoms with E-state index in [0.717, 1.165) is 134 Å². The van der Waals surface area contributed by atoms with Crippen molar-refractivity contribution in [1.82, 2.24) is 38.2 Å². The molecule has 8 nitrogen and oxygen atoms in total. The number of aryl methyl sites for hydroxylation is 3. The largest absolute Gasteiger partial charge is 0.365 e. The van der Waals surface area contributed by atoms with Crippen molar-refractivity contribution in [2.75, 3.05) is 0 Å². The summed E-state index contributed by atoms with van der Waals surface area (Å²) in [6.07, 6.45) is 36.3. The maximum atomic E-state index is 5.05. The molecule has 8 aromatic carbocycles. The van der Waals surface area contributed by atoms with Crippen LogP contribution in [0.25, 0.3) is 90.3 Å². The predicted octanol–water partition coefficient (Wildman–Crippen LogP) is 26.5. The van der Waals surface area contributed by atoms with Gasteiger partial charge in [-0.15, -0.1) is 137 Å². The van der Waals surface area contributed by atoms with E-state index in [1.807, 2.05) is 24.3 Å². The molecular formula is C108H116Ir4N8-4. The van der Waals surface area contributed by atoms with Crippen molar-refractivity contribution in [3.05, 3.63) is 265 Å². The van der Waals surface area contributed by atoms with Gasteiger partial charge in [-0.05, 0) is 274 Å². The fourth-order valence-electron chi connectivity index (χ4n) is 27.8. The summed E-state index contributed by atoms with van der Waals surface area (Å²) in [6.45, 7) is 15.9. The molecule has 16 aliphatic rings. The molecule has 4 radical (unpaired) electrons. The third-order valence-corrected chi connectivity index (χ3v) is 31.4. The molecule has 0 spiro atoms. The van der Waals surface area contributed by atoms with Crippen LogP contribution in [0.2, 0.25) is 0 Å². The van der Waals surface area contributed by atoms with E-state index in [1.54, 1.807) is 0 Å². The molecule has 0 unspecified atom stereocenters. The first-order chi connectivity index (χ1) is 56.6. The summed E-state index contributed by atoms with van der Waals surface area (Å²) in [5.41, 5.74) is 21.6. The molecule has 0 saturated heterocycles. The van der Waals surface area contributed by atoms with Crippen molar-refractivity contribution in [3.8, 4) is 90.3 Å². The summed E-state index contributed by atoms with van der Waals surface area (Å²) < 4.78 is 10.6. The fraction of sp³-hybridized carbons (Fsp3) is 0.444. The van der Waals surface area contributed by atoms with Gasteiger partial charge in [0.15, 0.2) is 0 Å². The number of hydrogen-bond acceptors (Lipinski definition) is 4. The van der Waals surface area contributed by atoms with Gasteiger partial charge in [0.1, 0.15) is 0 Å². The van der Waals surface area contributed by atoms with Gasteiger partial charge in [0, 0.05) is 151 Å². The summed E-state index contributed by atoms with van der Waals surface area (Å²) >= 11 is 0. The zero-order valence-corrected chi connectivity index (χ0v) is 80.4. The second-order valence-electron chi connectivity index (χ2n) is 40.0. The summed E-state index contributed by atoms with van der Waals surface area (Å²) in [5.74, 6) is 18.1. The van der Waals surface area contributed by atoms with E-state index in [0.29, 0.717) is 18.1 Å². The van der Waals surface area contributed by atoms with Gasteiger partial charge in [0.2, 0.25) is 0 Å².